The fourth-order valence-electron chi connectivity index (χ4n) is 2.13. The van der Waals surface area contributed by atoms with Crippen LogP contribution in [-0.4, -0.2) is 17.4 Å². The van der Waals surface area contributed by atoms with E-state index in [9.17, 15) is 4.79 Å². The molecule has 5 heteroatoms. The van der Waals surface area contributed by atoms with Gasteiger partial charge in [0.2, 0.25) is 0 Å². The number of carbonyl (C=O) groups excluding carboxylic acids is 1. The highest BCUT2D eigenvalue weighted by Gasteiger charge is 2.21. The first-order valence-corrected chi connectivity index (χ1v) is 7.01. The van der Waals surface area contributed by atoms with Crippen LogP contribution in [0.4, 0.5) is 0 Å². The van der Waals surface area contributed by atoms with E-state index in [1.165, 1.54) is 5.56 Å². The molecule has 0 saturated carbocycles. The quantitative estimate of drug-likeness (QED) is 0.890. The molecule has 0 bridgehead atoms. The molecule has 0 aliphatic rings. The summed E-state index contributed by atoms with van der Waals surface area (Å²) >= 11 is 0. The van der Waals surface area contributed by atoms with Crippen LogP contribution < -0.4 is 11.1 Å². The Hall–Kier alpha value is -1.91. The monoisotopic (exact) mass is 319 g/mol. The molecule has 118 valence electrons. The Bertz CT molecular complexity index is 614. The summed E-state index contributed by atoms with van der Waals surface area (Å²) in [6.07, 6.45) is 1.61. The number of nitrogens with zero attached hydrogens (tertiary/aromatic N) is 1. The number of aromatic nitrogens is 1. The molecule has 1 heterocycles. The summed E-state index contributed by atoms with van der Waals surface area (Å²) in [4.78, 5) is 16.3. The zero-order chi connectivity index (χ0) is 15.3. The van der Waals surface area contributed by atoms with Gasteiger partial charge in [-0.25, -0.2) is 0 Å². The molecule has 0 radical (unpaired) electrons. The first kappa shape index (κ1) is 18.1. The molecule has 1 amide bonds. The smallest absolute Gasteiger partial charge is 0.251 e. The Balaban J connectivity index is 0.00000242. The second-order valence-corrected chi connectivity index (χ2v) is 5.67. The standard InChI is InChI=1S/C17H21N3O.ClH/c1-17(2,14-6-4-3-5-7-14)12-20-16(21)13-8-9-19-15(10-13)11-18;/h3-10H,11-12,18H2,1-2H3,(H,20,21);1H. The number of halogens is 1. The third kappa shape index (κ3) is 4.55. The Kier molecular flexibility index (Phi) is 6.53. The van der Waals surface area contributed by atoms with Gasteiger partial charge in [0.25, 0.3) is 5.91 Å². The van der Waals surface area contributed by atoms with Crippen molar-refractivity contribution in [3.05, 3.63) is 65.5 Å². The van der Waals surface area contributed by atoms with Gasteiger partial charge in [-0.2, -0.15) is 0 Å². The Morgan fingerprint density at radius 3 is 2.55 bits per heavy atom. The summed E-state index contributed by atoms with van der Waals surface area (Å²) in [7, 11) is 0. The molecule has 0 fully saturated rings. The van der Waals surface area contributed by atoms with Crippen LogP contribution in [-0.2, 0) is 12.0 Å². The summed E-state index contributed by atoms with van der Waals surface area (Å²) in [6, 6.07) is 13.6. The van der Waals surface area contributed by atoms with Gasteiger partial charge in [-0.05, 0) is 17.7 Å². The third-order valence-corrected chi connectivity index (χ3v) is 3.53. The number of pyridine rings is 1. The van der Waals surface area contributed by atoms with Crippen molar-refractivity contribution in [2.24, 2.45) is 5.73 Å². The molecule has 0 spiro atoms. The molecule has 1 aromatic heterocycles. The average molecular weight is 320 g/mol. The average Bonchev–Trinajstić information content (AvgIpc) is 2.53. The fraction of sp³-hybridized carbons (Fsp3) is 0.294. The summed E-state index contributed by atoms with van der Waals surface area (Å²) in [5.41, 5.74) is 7.92. The Morgan fingerprint density at radius 2 is 1.91 bits per heavy atom. The fourth-order valence-corrected chi connectivity index (χ4v) is 2.13. The van der Waals surface area contributed by atoms with Gasteiger partial charge >= 0.3 is 0 Å². The number of rotatable bonds is 5. The SMILES string of the molecule is CC(C)(CNC(=O)c1ccnc(CN)c1)c1ccccc1.Cl. The second kappa shape index (κ2) is 7.92. The van der Waals surface area contributed by atoms with Crippen LogP contribution in [0.1, 0.15) is 35.5 Å². The predicted molar refractivity (Wildman–Crippen MR) is 91.2 cm³/mol. The van der Waals surface area contributed by atoms with Gasteiger partial charge in [0.05, 0.1) is 5.69 Å². The minimum atomic E-state index is -0.124. The lowest BCUT2D eigenvalue weighted by atomic mass is 9.84. The van der Waals surface area contributed by atoms with Crippen LogP contribution in [0.15, 0.2) is 48.7 Å². The predicted octanol–water partition coefficient (Wildman–Crippen LogP) is 2.67. The van der Waals surface area contributed by atoms with Crippen LogP contribution in [0.5, 0.6) is 0 Å². The molecule has 0 aliphatic carbocycles. The number of nitrogens with one attached hydrogen (secondary N) is 1. The van der Waals surface area contributed by atoms with Gasteiger partial charge < -0.3 is 11.1 Å². The van der Waals surface area contributed by atoms with Crippen molar-refractivity contribution in [1.29, 1.82) is 0 Å². The van der Waals surface area contributed by atoms with Crippen LogP contribution in [0.3, 0.4) is 0 Å². The molecule has 2 rings (SSSR count). The van der Waals surface area contributed by atoms with Gasteiger partial charge in [0, 0.05) is 30.3 Å². The normalized spacial score (nSPS) is 10.7. The largest absolute Gasteiger partial charge is 0.351 e. The minimum Gasteiger partial charge on any atom is -0.351 e. The number of nitrogens with two attached hydrogens (primary N) is 1. The molecule has 1 aromatic carbocycles. The van der Waals surface area contributed by atoms with Gasteiger partial charge in [-0.3, -0.25) is 9.78 Å². The lowest BCUT2D eigenvalue weighted by molar-refractivity contribution is 0.0945. The highest BCUT2D eigenvalue weighted by Crippen LogP contribution is 2.21. The van der Waals surface area contributed by atoms with Crippen molar-refractivity contribution in [2.75, 3.05) is 6.54 Å². The molecule has 2 aromatic rings. The zero-order valence-electron chi connectivity index (χ0n) is 12.9. The topological polar surface area (TPSA) is 68.0 Å². The number of amides is 1. The maximum atomic E-state index is 12.2. The molecule has 0 aliphatic heterocycles. The number of carbonyl (C=O) groups is 1. The van der Waals surface area contributed by atoms with E-state index in [-0.39, 0.29) is 23.7 Å². The lowest BCUT2D eigenvalue weighted by Gasteiger charge is -2.25. The van der Waals surface area contributed by atoms with Crippen molar-refractivity contribution >= 4 is 18.3 Å². The molecular weight excluding hydrogens is 298 g/mol. The van der Waals surface area contributed by atoms with E-state index in [2.05, 4.69) is 36.3 Å². The van der Waals surface area contributed by atoms with E-state index < -0.39 is 0 Å². The maximum Gasteiger partial charge on any atom is 0.251 e. The number of hydrogen-bond acceptors (Lipinski definition) is 3. The maximum absolute atomic E-state index is 12.2. The first-order valence-electron chi connectivity index (χ1n) is 7.01. The summed E-state index contributed by atoms with van der Waals surface area (Å²) in [5, 5.41) is 2.98. The van der Waals surface area contributed by atoms with E-state index in [0.29, 0.717) is 24.3 Å². The number of hydrogen-bond donors (Lipinski definition) is 2. The first-order chi connectivity index (χ1) is 10.0. The summed E-state index contributed by atoms with van der Waals surface area (Å²) in [6.45, 7) is 5.12. The minimum absolute atomic E-state index is 0. The van der Waals surface area contributed by atoms with Crippen LogP contribution in [0, 0.1) is 0 Å². The van der Waals surface area contributed by atoms with E-state index >= 15 is 0 Å². The van der Waals surface area contributed by atoms with Gasteiger partial charge in [0.1, 0.15) is 0 Å². The van der Waals surface area contributed by atoms with E-state index in [1.807, 2.05) is 18.2 Å². The highest BCUT2D eigenvalue weighted by atomic mass is 35.5. The molecule has 0 saturated heterocycles. The lowest BCUT2D eigenvalue weighted by Crippen LogP contribution is -2.36. The number of benzene rings is 1. The summed E-state index contributed by atoms with van der Waals surface area (Å²) in [5.74, 6) is -0.101. The summed E-state index contributed by atoms with van der Waals surface area (Å²) < 4.78 is 0. The van der Waals surface area contributed by atoms with Crippen molar-refractivity contribution in [1.82, 2.24) is 10.3 Å². The van der Waals surface area contributed by atoms with Crippen molar-refractivity contribution in [2.45, 2.75) is 25.8 Å². The van der Waals surface area contributed by atoms with Gasteiger partial charge in [-0.1, -0.05) is 44.2 Å². The highest BCUT2D eigenvalue weighted by molar-refractivity contribution is 5.94. The molecule has 3 N–H and O–H groups in total. The van der Waals surface area contributed by atoms with Gasteiger partial charge in [0.15, 0.2) is 0 Å². The van der Waals surface area contributed by atoms with E-state index in [1.54, 1.807) is 18.3 Å². The Labute approximate surface area is 137 Å². The van der Waals surface area contributed by atoms with E-state index in [4.69, 9.17) is 5.73 Å². The molecular formula is C17H22ClN3O. The Morgan fingerprint density at radius 1 is 1.23 bits per heavy atom. The third-order valence-electron chi connectivity index (χ3n) is 3.53. The van der Waals surface area contributed by atoms with Crippen molar-refractivity contribution in [3.63, 3.8) is 0 Å². The van der Waals surface area contributed by atoms with Crippen LogP contribution in [0.25, 0.3) is 0 Å². The molecule has 22 heavy (non-hydrogen) atoms. The van der Waals surface area contributed by atoms with Crippen molar-refractivity contribution in [3.8, 4) is 0 Å². The molecule has 4 nitrogen and oxygen atoms in total. The van der Waals surface area contributed by atoms with Crippen LogP contribution in [0.2, 0.25) is 0 Å². The van der Waals surface area contributed by atoms with E-state index in [0.717, 1.165) is 0 Å². The zero-order valence-corrected chi connectivity index (χ0v) is 13.7. The van der Waals surface area contributed by atoms with Crippen LogP contribution >= 0.6 is 12.4 Å². The second-order valence-electron chi connectivity index (χ2n) is 5.67. The van der Waals surface area contributed by atoms with Gasteiger partial charge in [-0.15, -0.1) is 12.4 Å². The van der Waals surface area contributed by atoms with Crippen molar-refractivity contribution < 1.29 is 4.79 Å². The molecule has 0 unspecified atom stereocenters. The molecule has 0 atom stereocenters.